The van der Waals surface area contributed by atoms with Crippen molar-refractivity contribution in [2.45, 2.75) is 43.0 Å². The lowest BCUT2D eigenvalue weighted by molar-refractivity contribution is -0.121. The van der Waals surface area contributed by atoms with E-state index in [2.05, 4.69) is 15.7 Å². The number of unbranched alkanes of at least 4 members (excludes halogenated alkanes) is 1. The van der Waals surface area contributed by atoms with Crippen molar-refractivity contribution < 1.29 is 4.79 Å². The molecule has 0 aliphatic carbocycles. The van der Waals surface area contributed by atoms with E-state index in [1.165, 1.54) is 0 Å². The number of hydrogen-bond acceptors (Lipinski definition) is 6. The summed E-state index contributed by atoms with van der Waals surface area (Å²) in [7, 11) is 0. The maximum atomic E-state index is 10.9. The van der Waals surface area contributed by atoms with Gasteiger partial charge in [-0.25, -0.2) is 10.8 Å². The average Bonchev–Trinajstić information content (AvgIpc) is 2.84. The molecule has 6 N–H and O–H groups in total. The molecule has 17 heavy (non-hydrogen) atoms. The summed E-state index contributed by atoms with van der Waals surface area (Å²) < 4.78 is 0. The molecule has 0 radical (unpaired) electrons. The van der Waals surface area contributed by atoms with Crippen LogP contribution in [-0.4, -0.2) is 35.0 Å². The van der Waals surface area contributed by atoms with Gasteiger partial charge in [0.1, 0.15) is 0 Å². The number of nitrogens with zero attached hydrogens (tertiary/aromatic N) is 1. The van der Waals surface area contributed by atoms with Gasteiger partial charge in [-0.1, -0.05) is 6.42 Å². The van der Waals surface area contributed by atoms with Crippen LogP contribution in [0.1, 0.15) is 25.7 Å². The van der Waals surface area contributed by atoms with Crippen molar-refractivity contribution in [2.75, 3.05) is 5.75 Å². The lowest BCUT2D eigenvalue weighted by atomic mass is 10.0. The molecule has 1 amide bonds. The smallest absolute Gasteiger partial charge is 0.233 e. The van der Waals surface area contributed by atoms with E-state index in [1.807, 2.05) is 11.8 Å². The van der Waals surface area contributed by atoms with Crippen LogP contribution in [0.15, 0.2) is 4.99 Å². The summed E-state index contributed by atoms with van der Waals surface area (Å²) in [6.45, 7) is 0. The highest BCUT2D eigenvalue weighted by Crippen LogP contribution is 2.34. The van der Waals surface area contributed by atoms with Gasteiger partial charge in [-0.15, -0.1) is 0 Å². The van der Waals surface area contributed by atoms with Crippen molar-refractivity contribution in [2.24, 2.45) is 16.6 Å². The molecule has 2 unspecified atom stereocenters. The second kappa shape index (κ2) is 5.59. The molecule has 0 spiro atoms. The van der Waals surface area contributed by atoms with Gasteiger partial charge in [-0.2, -0.15) is 11.8 Å². The summed E-state index contributed by atoms with van der Waals surface area (Å²) in [6, 6.07) is 0.737. The van der Waals surface area contributed by atoms with Crippen LogP contribution in [-0.2, 0) is 4.79 Å². The SMILES string of the molecule is NNC(=O)CCCC[C@@H]1SCC2N=C(N)NC21. The largest absolute Gasteiger partial charge is 0.370 e. The Morgan fingerprint density at radius 2 is 2.41 bits per heavy atom. The van der Waals surface area contributed by atoms with Crippen LogP contribution >= 0.6 is 11.8 Å². The van der Waals surface area contributed by atoms with Crippen molar-refractivity contribution in [3.63, 3.8) is 0 Å². The predicted molar refractivity (Wildman–Crippen MR) is 69.4 cm³/mol. The first-order valence-corrected chi connectivity index (χ1v) is 6.96. The Labute approximate surface area is 105 Å². The van der Waals surface area contributed by atoms with Crippen LogP contribution in [0.5, 0.6) is 0 Å². The lowest BCUT2D eigenvalue weighted by Gasteiger charge is -2.17. The number of hydrazine groups is 1. The number of nitrogens with one attached hydrogen (secondary N) is 2. The quantitative estimate of drug-likeness (QED) is 0.226. The third-order valence-corrected chi connectivity index (χ3v) is 4.71. The average molecular weight is 257 g/mol. The number of amides is 1. The molecule has 6 nitrogen and oxygen atoms in total. The summed E-state index contributed by atoms with van der Waals surface area (Å²) in [5.74, 6) is 6.55. The Hall–Kier alpha value is -0.950. The van der Waals surface area contributed by atoms with E-state index in [4.69, 9.17) is 11.6 Å². The lowest BCUT2D eigenvalue weighted by Crippen LogP contribution is -2.41. The van der Waals surface area contributed by atoms with Gasteiger partial charge >= 0.3 is 0 Å². The first kappa shape index (κ1) is 12.5. The van der Waals surface area contributed by atoms with E-state index in [1.54, 1.807) is 0 Å². The molecule has 7 heteroatoms. The fourth-order valence-electron chi connectivity index (χ4n) is 2.34. The maximum absolute atomic E-state index is 10.9. The molecule has 0 aromatic carbocycles. The predicted octanol–water partition coefficient (Wildman–Crippen LogP) is -0.693. The number of guanidine groups is 1. The Morgan fingerprint density at radius 1 is 1.59 bits per heavy atom. The van der Waals surface area contributed by atoms with E-state index in [-0.39, 0.29) is 5.91 Å². The molecule has 0 aromatic heterocycles. The molecule has 2 heterocycles. The Morgan fingerprint density at radius 3 is 3.18 bits per heavy atom. The van der Waals surface area contributed by atoms with Crippen molar-refractivity contribution in [1.82, 2.24) is 10.7 Å². The maximum Gasteiger partial charge on any atom is 0.233 e. The van der Waals surface area contributed by atoms with E-state index < -0.39 is 0 Å². The minimum atomic E-state index is -0.0893. The molecule has 0 saturated carbocycles. The van der Waals surface area contributed by atoms with Crippen LogP contribution in [0.2, 0.25) is 0 Å². The fraction of sp³-hybridized carbons (Fsp3) is 0.800. The number of hydrogen-bond donors (Lipinski definition) is 4. The fourth-order valence-corrected chi connectivity index (χ4v) is 3.85. The van der Waals surface area contributed by atoms with E-state index >= 15 is 0 Å². The topological polar surface area (TPSA) is 106 Å². The minimum absolute atomic E-state index is 0.0893. The highest BCUT2D eigenvalue weighted by Gasteiger charge is 2.39. The van der Waals surface area contributed by atoms with Gasteiger partial charge in [0.15, 0.2) is 5.96 Å². The van der Waals surface area contributed by atoms with Crippen LogP contribution < -0.4 is 22.3 Å². The van der Waals surface area contributed by atoms with Crippen LogP contribution in [0.3, 0.4) is 0 Å². The van der Waals surface area contributed by atoms with Gasteiger partial charge < -0.3 is 11.1 Å². The van der Waals surface area contributed by atoms with Gasteiger partial charge in [-0.3, -0.25) is 10.2 Å². The van der Waals surface area contributed by atoms with Crippen molar-refractivity contribution in [1.29, 1.82) is 0 Å². The highest BCUT2D eigenvalue weighted by molar-refractivity contribution is 8.00. The van der Waals surface area contributed by atoms with Crippen molar-refractivity contribution >= 4 is 23.6 Å². The molecule has 1 fully saturated rings. The van der Waals surface area contributed by atoms with Gasteiger partial charge in [0.25, 0.3) is 0 Å². The third-order valence-electron chi connectivity index (χ3n) is 3.22. The summed E-state index contributed by atoms with van der Waals surface area (Å²) in [5, 5.41) is 3.80. The van der Waals surface area contributed by atoms with Gasteiger partial charge in [0.2, 0.25) is 5.91 Å². The molecular formula is C10H19N5OS. The number of thioether (sulfide) groups is 1. The normalized spacial score (nSPS) is 30.6. The van der Waals surface area contributed by atoms with E-state index in [9.17, 15) is 4.79 Å². The molecule has 0 aromatic rings. The van der Waals surface area contributed by atoms with Crippen LogP contribution in [0.4, 0.5) is 0 Å². The summed E-state index contributed by atoms with van der Waals surface area (Å²) in [4.78, 5) is 15.3. The van der Waals surface area contributed by atoms with Gasteiger partial charge in [0.05, 0.1) is 12.1 Å². The Bertz CT molecular complexity index is 322. The molecule has 2 aliphatic rings. The zero-order chi connectivity index (χ0) is 12.3. The second-order valence-corrected chi connectivity index (χ2v) is 5.71. The second-order valence-electron chi connectivity index (χ2n) is 4.44. The first-order valence-electron chi connectivity index (χ1n) is 5.91. The summed E-state index contributed by atoms with van der Waals surface area (Å²) in [6.07, 6.45) is 3.53. The third kappa shape index (κ3) is 3.04. The minimum Gasteiger partial charge on any atom is -0.370 e. The van der Waals surface area contributed by atoms with Crippen molar-refractivity contribution in [3.8, 4) is 0 Å². The highest BCUT2D eigenvalue weighted by atomic mass is 32.2. The zero-order valence-electron chi connectivity index (χ0n) is 9.69. The van der Waals surface area contributed by atoms with E-state index in [0.29, 0.717) is 29.7 Å². The van der Waals surface area contributed by atoms with E-state index in [0.717, 1.165) is 25.0 Å². The monoisotopic (exact) mass is 257 g/mol. The summed E-state index contributed by atoms with van der Waals surface area (Å²) >= 11 is 1.95. The zero-order valence-corrected chi connectivity index (χ0v) is 10.5. The number of fused-ring (bicyclic) bond motifs is 1. The molecular weight excluding hydrogens is 238 g/mol. The molecule has 96 valence electrons. The number of nitrogens with two attached hydrogens (primary N) is 2. The first-order chi connectivity index (χ1) is 8.20. The number of rotatable bonds is 5. The van der Waals surface area contributed by atoms with Gasteiger partial charge in [-0.05, 0) is 12.8 Å². The van der Waals surface area contributed by atoms with Gasteiger partial charge in [0, 0.05) is 17.4 Å². The number of aliphatic imine (C=N–C) groups is 1. The molecule has 0 bridgehead atoms. The summed E-state index contributed by atoms with van der Waals surface area (Å²) in [5.41, 5.74) is 7.81. The Kier molecular flexibility index (Phi) is 4.11. The Balaban J connectivity index is 1.66. The van der Waals surface area contributed by atoms with Crippen molar-refractivity contribution in [3.05, 3.63) is 0 Å². The molecule has 3 atom stereocenters. The standard InChI is InChI=1S/C10H19N5OS/c11-10-13-6-5-17-7(9(6)14-10)3-1-2-4-8(16)15-12/h6-7,9H,1-5,12H2,(H,15,16)(H3,11,13,14)/t6?,7-,9?/m0/s1. The van der Waals surface area contributed by atoms with Crippen LogP contribution in [0.25, 0.3) is 0 Å². The van der Waals surface area contributed by atoms with Crippen LogP contribution in [0, 0.1) is 0 Å². The molecule has 2 rings (SSSR count). The molecule has 2 aliphatic heterocycles. The number of carbonyl (C=O) groups is 1. The molecule has 1 saturated heterocycles. The number of carbonyl (C=O) groups excluding carboxylic acids is 1.